The van der Waals surface area contributed by atoms with Crippen LogP contribution in [0.3, 0.4) is 0 Å². The first-order chi connectivity index (χ1) is 7.11. The second-order valence-corrected chi connectivity index (χ2v) is 3.91. The highest BCUT2D eigenvalue weighted by atomic mass is 16.6. The molecule has 4 nitrogen and oxygen atoms in total. The van der Waals surface area contributed by atoms with Gasteiger partial charge in [-0.3, -0.25) is 4.79 Å². The number of aliphatic hydroxyl groups excluding tert-OH is 1. The molecule has 0 aromatic carbocycles. The van der Waals surface area contributed by atoms with Crippen molar-refractivity contribution < 1.29 is 14.6 Å². The summed E-state index contributed by atoms with van der Waals surface area (Å²) in [5.74, 6) is 0.232. The molecule has 1 heterocycles. The van der Waals surface area contributed by atoms with Gasteiger partial charge in [0.15, 0.2) is 6.29 Å². The number of rotatable bonds is 6. The van der Waals surface area contributed by atoms with Gasteiger partial charge in [0, 0.05) is 19.5 Å². The number of ether oxygens (including phenoxy) is 1. The molecule has 1 fully saturated rings. The molecular weight excluding hydrogens is 194 g/mol. The van der Waals surface area contributed by atoms with E-state index in [1.807, 2.05) is 4.90 Å². The van der Waals surface area contributed by atoms with E-state index in [1.54, 1.807) is 6.92 Å². The monoisotopic (exact) mass is 213 g/mol. The number of carbonyl (C=O) groups is 1. The van der Waals surface area contributed by atoms with Gasteiger partial charge < -0.3 is 14.7 Å². The zero-order chi connectivity index (χ0) is 11.3. The summed E-state index contributed by atoms with van der Waals surface area (Å²) >= 11 is 0. The summed E-state index contributed by atoms with van der Waals surface area (Å²) < 4.78 is 5.12. The molecule has 15 heavy (non-hydrogen) atoms. The van der Waals surface area contributed by atoms with Gasteiger partial charge in [-0.2, -0.15) is 0 Å². The van der Waals surface area contributed by atoms with Gasteiger partial charge in [-0.25, -0.2) is 0 Å². The Labute approximate surface area is 90.5 Å². The highest BCUT2D eigenvalue weighted by Crippen LogP contribution is 2.10. The van der Waals surface area contributed by atoms with E-state index >= 15 is 0 Å². The van der Waals surface area contributed by atoms with Crippen LogP contribution in [0, 0.1) is 0 Å². The summed E-state index contributed by atoms with van der Waals surface area (Å²) in [5.41, 5.74) is 0.604. The Morgan fingerprint density at radius 2 is 2.47 bits per heavy atom. The van der Waals surface area contributed by atoms with Crippen LogP contribution < -0.4 is 0 Å². The van der Waals surface area contributed by atoms with Crippen LogP contribution in [-0.2, 0) is 9.53 Å². The van der Waals surface area contributed by atoms with Gasteiger partial charge in [0.05, 0.1) is 6.61 Å². The Hall–Kier alpha value is -0.870. The summed E-state index contributed by atoms with van der Waals surface area (Å²) in [6.07, 6.45) is 1.53. The van der Waals surface area contributed by atoms with E-state index in [9.17, 15) is 9.90 Å². The van der Waals surface area contributed by atoms with Gasteiger partial charge >= 0.3 is 0 Å². The number of aliphatic hydroxyl groups is 1. The molecule has 1 amide bonds. The molecule has 1 saturated heterocycles. The first-order valence-corrected chi connectivity index (χ1v) is 5.34. The van der Waals surface area contributed by atoms with E-state index in [2.05, 4.69) is 6.58 Å². The standard InChI is InChI=1S/C11H19NO3/c1-9(2)11(14)15-8-4-7-12-6-3-5-10(12)13/h11,14H,1,3-8H2,2H3. The zero-order valence-electron chi connectivity index (χ0n) is 9.24. The number of nitrogens with zero attached hydrogens (tertiary/aromatic N) is 1. The number of hydrogen-bond donors (Lipinski definition) is 1. The summed E-state index contributed by atoms with van der Waals surface area (Å²) in [4.78, 5) is 13.1. The lowest BCUT2D eigenvalue weighted by molar-refractivity contribution is -0.128. The van der Waals surface area contributed by atoms with Crippen LogP contribution in [0.15, 0.2) is 12.2 Å². The number of carbonyl (C=O) groups excluding carboxylic acids is 1. The van der Waals surface area contributed by atoms with Crippen LogP contribution in [0.1, 0.15) is 26.2 Å². The maximum Gasteiger partial charge on any atom is 0.222 e. The summed E-state index contributed by atoms with van der Waals surface area (Å²) in [5, 5.41) is 9.27. The molecule has 0 aromatic heterocycles. The first-order valence-electron chi connectivity index (χ1n) is 5.34. The predicted molar refractivity (Wildman–Crippen MR) is 57.2 cm³/mol. The van der Waals surface area contributed by atoms with Crippen LogP contribution in [0.2, 0.25) is 0 Å². The van der Waals surface area contributed by atoms with Crippen molar-refractivity contribution in [1.82, 2.24) is 4.90 Å². The second-order valence-electron chi connectivity index (χ2n) is 3.91. The average molecular weight is 213 g/mol. The van der Waals surface area contributed by atoms with Crippen LogP contribution >= 0.6 is 0 Å². The van der Waals surface area contributed by atoms with Crippen molar-refractivity contribution in [2.45, 2.75) is 32.5 Å². The molecule has 1 atom stereocenters. The largest absolute Gasteiger partial charge is 0.364 e. The topological polar surface area (TPSA) is 49.8 Å². The lowest BCUT2D eigenvalue weighted by Crippen LogP contribution is -2.27. The molecule has 0 aliphatic carbocycles. The molecule has 0 aromatic rings. The van der Waals surface area contributed by atoms with Crippen LogP contribution in [0.5, 0.6) is 0 Å². The third-order valence-corrected chi connectivity index (χ3v) is 2.44. The van der Waals surface area contributed by atoms with Crippen molar-refractivity contribution in [2.24, 2.45) is 0 Å². The fraction of sp³-hybridized carbons (Fsp3) is 0.727. The van der Waals surface area contributed by atoms with Crippen LogP contribution in [-0.4, -0.2) is 41.9 Å². The highest BCUT2D eigenvalue weighted by Gasteiger charge is 2.19. The quantitative estimate of drug-likeness (QED) is 0.405. The Kier molecular flexibility index (Phi) is 4.78. The minimum atomic E-state index is -0.876. The van der Waals surface area contributed by atoms with Gasteiger partial charge in [0.25, 0.3) is 0 Å². The predicted octanol–water partition coefficient (Wildman–Crippen LogP) is 0.910. The van der Waals surface area contributed by atoms with E-state index < -0.39 is 6.29 Å². The molecule has 1 rings (SSSR count). The molecule has 1 aliphatic rings. The number of hydrogen-bond acceptors (Lipinski definition) is 3. The SMILES string of the molecule is C=C(C)C(O)OCCCN1CCCC1=O. The Bertz CT molecular complexity index is 240. The van der Waals surface area contributed by atoms with E-state index in [0.29, 0.717) is 18.6 Å². The van der Waals surface area contributed by atoms with Crippen LogP contribution in [0.4, 0.5) is 0 Å². The van der Waals surface area contributed by atoms with Crippen LogP contribution in [0.25, 0.3) is 0 Å². The third-order valence-electron chi connectivity index (χ3n) is 2.44. The minimum Gasteiger partial charge on any atom is -0.364 e. The third kappa shape index (κ3) is 4.01. The Balaban J connectivity index is 2.06. The molecule has 0 radical (unpaired) electrons. The maximum atomic E-state index is 11.2. The molecular formula is C11H19NO3. The van der Waals surface area contributed by atoms with Gasteiger partial charge in [-0.15, -0.1) is 0 Å². The molecule has 0 bridgehead atoms. The molecule has 0 saturated carbocycles. The van der Waals surface area contributed by atoms with Crippen molar-refractivity contribution in [3.8, 4) is 0 Å². The summed E-state index contributed by atoms with van der Waals surface area (Å²) in [6.45, 7) is 7.34. The van der Waals surface area contributed by atoms with Crippen molar-refractivity contribution in [1.29, 1.82) is 0 Å². The molecule has 1 N–H and O–H groups in total. The van der Waals surface area contributed by atoms with E-state index in [4.69, 9.17) is 4.74 Å². The summed E-state index contributed by atoms with van der Waals surface area (Å²) in [7, 11) is 0. The van der Waals surface area contributed by atoms with Crippen molar-refractivity contribution in [3.05, 3.63) is 12.2 Å². The molecule has 86 valence electrons. The number of likely N-dealkylation sites (tertiary alicyclic amines) is 1. The molecule has 4 heteroatoms. The molecule has 1 aliphatic heterocycles. The average Bonchev–Trinajstić information content (AvgIpc) is 2.58. The van der Waals surface area contributed by atoms with E-state index in [0.717, 1.165) is 25.9 Å². The second kappa shape index (κ2) is 5.88. The van der Waals surface area contributed by atoms with Gasteiger partial charge in [0.1, 0.15) is 0 Å². The Morgan fingerprint density at radius 1 is 1.73 bits per heavy atom. The maximum absolute atomic E-state index is 11.2. The first kappa shape index (κ1) is 12.2. The fourth-order valence-corrected chi connectivity index (χ4v) is 1.53. The zero-order valence-corrected chi connectivity index (χ0v) is 9.24. The normalized spacial score (nSPS) is 18.3. The lowest BCUT2D eigenvalue weighted by Gasteiger charge is -2.16. The smallest absolute Gasteiger partial charge is 0.222 e. The van der Waals surface area contributed by atoms with E-state index in [1.165, 1.54) is 0 Å². The van der Waals surface area contributed by atoms with E-state index in [-0.39, 0.29) is 5.91 Å². The minimum absolute atomic E-state index is 0.232. The van der Waals surface area contributed by atoms with Gasteiger partial charge in [0.2, 0.25) is 5.91 Å². The lowest BCUT2D eigenvalue weighted by atomic mass is 10.3. The van der Waals surface area contributed by atoms with Crippen molar-refractivity contribution >= 4 is 5.91 Å². The van der Waals surface area contributed by atoms with Crippen molar-refractivity contribution in [2.75, 3.05) is 19.7 Å². The number of amides is 1. The highest BCUT2D eigenvalue weighted by molar-refractivity contribution is 5.77. The molecule has 1 unspecified atom stereocenters. The summed E-state index contributed by atoms with van der Waals surface area (Å²) in [6, 6.07) is 0. The fourth-order valence-electron chi connectivity index (χ4n) is 1.53. The van der Waals surface area contributed by atoms with Gasteiger partial charge in [-0.05, 0) is 25.3 Å². The molecule has 0 spiro atoms. The Morgan fingerprint density at radius 3 is 3.00 bits per heavy atom. The van der Waals surface area contributed by atoms with Crippen molar-refractivity contribution in [3.63, 3.8) is 0 Å². The van der Waals surface area contributed by atoms with Gasteiger partial charge in [-0.1, -0.05) is 6.58 Å².